The molecule has 3 aromatic heterocycles. The Kier molecular flexibility index (Phi) is 5.57. The Balaban J connectivity index is 1.42. The van der Waals surface area contributed by atoms with Crippen molar-refractivity contribution in [3.63, 3.8) is 0 Å². The minimum absolute atomic E-state index is 0.175. The summed E-state index contributed by atoms with van der Waals surface area (Å²) in [6.07, 6.45) is 3.33. The summed E-state index contributed by atoms with van der Waals surface area (Å²) in [5, 5.41) is 11.3. The third kappa shape index (κ3) is 4.38. The number of aromatic nitrogens is 5. The highest BCUT2D eigenvalue weighted by atomic mass is 16.2. The Bertz CT molecular complexity index is 1080. The van der Waals surface area contributed by atoms with Gasteiger partial charge in [0.15, 0.2) is 0 Å². The van der Waals surface area contributed by atoms with Crippen LogP contribution in [-0.2, 0) is 18.4 Å². The van der Waals surface area contributed by atoms with Gasteiger partial charge >= 0.3 is 0 Å². The van der Waals surface area contributed by atoms with E-state index in [9.17, 15) is 9.59 Å². The molecule has 3 aromatic rings. The van der Waals surface area contributed by atoms with Crippen LogP contribution in [0.1, 0.15) is 0 Å². The predicted octanol–water partition coefficient (Wildman–Crippen LogP) is 0.429. The molecule has 0 bridgehead atoms. The molecule has 0 saturated carbocycles. The molecule has 1 amide bonds. The van der Waals surface area contributed by atoms with E-state index in [4.69, 9.17) is 0 Å². The van der Waals surface area contributed by atoms with E-state index in [1.807, 2.05) is 18.2 Å². The lowest BCUT2D eigenvalue weighted by Gasteiger charge is -2.33. The smallest absolute Gasteiger partial charge is 0.269 e. The number of hydrogen-bond acceptors (Lipinski definition) is 7. The lowest BCUT2D eigenvalue weighted by molar-refractivity contribution is -0.117. The third-order valence-electron chi connectivity index (χ3n) is 5.09. The first-order valence-electron chi connectivity index (χ1n) is 9.75. The minimum atomic E-state index is -0.354. The number of hydrogen-bond donors (Lipinski definition) is 1. The molecule has 4 heterocycles. The fourth-order valence-electron chi connectivity index (χ4n) is 3.32. The Labute approximate surface area is 173 Å². The van der Waals surface area contributed by atoms with E-state index in [1.165, 1.54) is 6.07 Å². The molecule has 1 fully saturated rings. The molecular weight excluding hydrogens is 384 g/mol. The summed E-state index contributed by atoms with van der Waals surface area (Å²) in [5.74, 6) is 0.162. The van der Waals surface area contributed by atoms with Crippen molar-refractivity contribution < 1.29 is 4.79 Å². The maximum absolute atomic E-state index is 12.5. The van der Waals surface area contributed by atoms with Gasteiger partial charge in [0.25, 0.3) is 5.56 Å². The highest BCUT2D eigenvalue weighted by Gasteiger charge is 2.16. The standard InChI is InChI=1S/C20H24N8O2/c1-25-7-9-27(10-8-25)15-11-20(30)28(22-13-15)14-19(29)23-18-12-17(24-26(18)2)16-5-3-4-6-21-16/h3-6,11-13H,7-10,14H2,1-2H3,(H,23,29). The van der Waals surface area contributed by atoms with Gasteiger partial charge in [0.2, 0.25) is 5.91 Å². The average molecular weight is 408 g/mol. The van der Waals surface area contributed by atoms with E-state index in [0.29, 0.717) is 17.2 Å². The van der Waals surface area contributed by atoms with Crippen LogP contribution in [0.5, 0.6) is 0 Å². The summed E-state index contributed by atoms with van der Waals surface area (Å²) >= 11 is 0. The second kappa shape index (κ2) is 8.46. The number of pyridine rings is 1. The Hall–Kier alpha value is -3.53. The fraction of sp³-hybridized carbons (Fsp3) is 0.350. The first-order chi connectivity index (χ1) is 14.5. The first kappa shape index (κ1) is 19.8. The van der Waals surface area contributed by atoms with Gasteiger partial charge in [-0.25, -0.2) is 4.68 Å². The maximum Gasteiger partial charge on any atom is 0.269 e. The fourth-order valence-corrected chi connectivity index (χ4v) is 3.32. The maximum atomic E-state index is 12.5. The number of rotatable bonds is 5. The van der Waals surface area contributed by atoms with Crippen LogP contribution in [0.3, 0.4) is 0 Å². The zero-order valence-electron chi connectivity index (χ0n) is 17.0. The number of piperazine rings is 1. The largest absolute Gasteiger partial charge is 0.368 e. The van der Waals surface area contributed by atoms with Crippen LogP contribution in [0.25, 0.3) is 11.4 Å². The van der Waals surface area contributed by atoms with Crippen molar-refractivity contribution in [2.24, 2.45) is 7.05 Å². The molecule has 1 aliphatic rings. The van der Waals surface area contributed by atoms with Crippen molar-refractivity contribution in [3.8, 4) is 11.4 Å². The molecule has 30 heavy (non-hydrogen) atoms. The summed E-state index contributed by atoms with van der Waals surface area (Å²) in [7, 11) is 3.81. The van der Waals surface area contributed by atoms with E-state index in [1.54, 1.807) is 30.2 Å². The molecule has 0 aromatic carbocycles. The zero-order chi connectivity index (χ0) is 21.1. The Morgan fingerprint density at radius 1 is 1.10 bits per heavy atom. The van der Waals surface area contributed by atoms with Crippen LogP contribution in [-0.4, -0.2) is 68.6 Å². The molecule has 156 valence electrons. The van der Waals surface area contributed by atoms with Crippen LogP contribution in [0.15, 0.2) is 47.5 Å². The number of nitrogens with one attached hydrogen (secondary N) is 1. The van der Waals surface area contributed by atoms with Gasteiger partial charge < -0.3 is 15.1 Å². The summed E-state index contributed by atoms with van der Waals surface area (Å²) in [6.45, 7) is 3.40. The lowest BCUT2D eigenvalue weighted by Crippen LogP contribution is -2.45. The summed E-state index contributed by atoms with van der Waals surface area (Å²) in [4.78, 5) is 33.6. The molecule has 0 spiro atoms. The minimum Gasteiger partial charge on any atom is -0.368 e. The predicted molar refractivity (Wildman–Crippen MR) is 113 cm³/mol. The lowest BCUT2D eigenvalue weighted by atomic mass is 10.3. The van der Waals surface area contributed by atoms with E-state index in [2.05, 4.69) is 37.3 Å². The second-order valence-corrected chi connectivity index (χ2v) is 7.30. The number of carbonyl (C=O) groups is 1. The zero-order valence-corrected chi connectivity index (χ0v) is 17.0. The van der Waals surface area contributed by atoms with Crippen molar-refractivity contribution >= 4 is 17.4 Å². The average Bonchev–Trinajstić information content (AvgIpc) is 3.11. The number of likely N-dealkylation sites (N-methyl/N-ethyl adjacent to an activating group) is 1. The summed E-state index contributed by atoms with van der Waals surface area (Å²) in [5.41, 5.74) is 1.85. The number of nitrogens with zero attached hydrogens (tertiary/aromatic N) is 7. The Morgan fingerprint density at radius 2 is 1.90 bits per heavy atom. The van der Waals surface area contributed by atoms with Gasteiger partial charge in [-0.2, -0.15) is 10.2 Å². The van der Waals surface area contributed by atoms with Crippen LogP contribution in [0, 0.1) is 0 Å². The highest BCUT2D eigenvalue weighted by Crippen LogP contribution is 2.19. The molecule has 0 unspecified atom stereocenters. The van der Waals surface area contributed by atoms with Crippen LogP contribution in [0.2, 0.25) is 0 Å². The van der Waals surface area contributed by atoms with Crippen molar-refractivity contribution in [2.45, 2.75) is 6.54 Å². The van der Waals surface area contributed by atoms with Gasteiger partial charge in [0, 0.05) is 51.6 Å². The molecule has 10 heteroatoms. The number of carbonyl (C=O) groups excluding carboxylic acids is 1. The third-order valence-corrected chi connectivity index (χ3v) is 5.09. The number of amides is 1. The molecule has 0 radical (unpaired) electrons. The van der Waals surface area contributed by atoms with Gasteiger partial charge in [-0.1, -0.05) is 6.07 Å². The number of aryl methyl sites for hydroxylation is 1. The molecule has 1 saturated heterocycles. The van der Waals surface area contributed by atoms with Crippen molar-refractivity contribution in [2.75, 3.05) is 43.4 Å². The topological polar surface area (TPSA) is 101 Å². The molecule has 4 rings (SSSR count). The van der Waals surface area contributed by atoms with Crippen LogP contribution >= 0.6 is 0 Å². The van der Waals surface area contributed by atoms with Crippen molar-refractivity contribution in [1.82, 2.24) is 29.4 Å². The van der Waals surface area contributed by atoms with E-state index in [-0.39, 0.29) is 18.0 Å². The normalized spacial score (nSPS) is 14.7. The molecule has 10 nitrogen and oxygen atoms in total. The quantitative estimate of drug-likeness (QED) is 0.653. The number of anilines is 2. The van der Waals surface area contributed by atoms with Gasteiger partial charge in [-0.05, 0) is 19.2 Å². The Morgan fingerprint density at radius 3 is 2.60 bits per heavy atom. The van der Waals surface area contributed by atoms with Gasteiger partial charge in [-0.3, -0.25) is 19.3 Å². The van der Waals surface area contributed by atoms with Crippen molar-refractivity contribution in [1.29, 1.82) is 0 Å². The van der Waals surface area contributed by atoms with Gasteiger partial charge in [-0.15, -0.1) is 0 Å². The second-order valence-electron chi connectivity index (χ2n) is 7.30. The molecular formula is C20H24N8O2. The van der Waals surface area contributed by atoms with E-state index in [0.717, 1.165) is 36.5 Å². The monoisotopic (exact) mass is 408 g/mol. The van der Waals surface area contributed by atoms with E-state index >= 15 is 0 Å². The van der Waals surface area contributed by atoms with E-state index < -0.39 is 0 Å². The van der Waals surface area contributed by atoms with Crippen LogP contribution < -0.4 is 15.8 Å². The summed E-state index contributed by atoms with van der Waals surface area (Å²) in [6, 6.07) is 8.83. The van der Waals surface area contributed by atoms with Gasteiger partial charge in [0.1, 0.15) is 18.1 Å². The van der Waals surface area contributed by atoms with Crippen molar-refractivity contribution in [3.05, 3.63) is 53.1 Å². The van der Waals surface area contributed by atoms with Crippen LogP contribution in [0.4, 0.5) is 11.5 Å². The molecule has 1 N–H and O–H groups in total. The molecule has 0 atom stereocenters. The first-order valence-corrected chi connectivity index (χ1v) is 9.75. The van der Waals surface area contributed by atoms with Gasteiger partial charge in [0.05, 0.1) is 17.6 Å². The summed E-state index contributed by atoms with van der Waals surface area (Å²) < 4.78 is 2.72. The molecule has 0 aliphatic carbocycles. The molecule has 1 aliphatic heterocycles. The highest BCUT2D eigenvalue weighted by molar-refractivity contribution is 5.90. The SMILES string of the molecule is CN1CCN(c2cnn(CC(=O)Nc3cc(-c4ccccn4)nn3C)c(=O)c2)CC1.